The molecule has 2 aromatic carbocycles. The molecule has 1 amide bonds. The van der Waals surface area contributed by atoms with Gasteiger partial charge in [0.05, 0.1) is 5.75 Å². The zero-order chi connectivity index (χ0) is 21.3. The number of para-hydroxylation sites is 1. The Morgan fingerprint density at radius 2 is 2.00 bits per heavy atom. The van der Waals surface area contributed by atoms with Crippen LogP contribution in [0.25, 0.3) is 16.0 Å². The van der Waals surface area contributed by atoms with Gasteiger partial charge >= 0.3 is 0 Å². The van der Waals surface area contributed by atoms with Crippen molar-refractivity contribution in [2.45, 2.75) is 19.0 Å². The number of aryl methyl sites for hydroxylation is 2. The number of hydrogen-bond donors (Lipinski definition) is 2. The minimum absolute atomic E-state index is 0.123. The lowest BCUT2D eigenvalue weighted by Gasteiger charge is -2.09. The normalized spacial score (nSPS) is 11.0. The number of aromatic amines is 1. The van der Waals surface area contributed by atoms with Crippen LogP contribution >= 0.6 is 35.3 Å². The van der Waals surface area contributed by atoms with E-state index >= 15 is 0 Å². The van der Waals surface area contributed by atoms with Crippen LogP contribution < -0.4 is 10.9 Å². The van der Waals surface area contributed by atoms with Crippen LogP contribution in [0.4, 0.5) is 5.69 Å². The Hall–Kier alpha value is -2.75. The number of benzene rings is 2. The first-order valence-corrected chi connectivity index (χ1v) is 11.3. The molecule has 6 nitrogen and oxygen atoms in total. The SMILES string of the molecule is Cc1ccc(NC(=O)CSc2nc3c(sc(=S)n3-c3ccccc3)c(=O)[nH]2)c(C)c1. The number of H-pyrrole nitrogens is 1. The van der Waals surface area contributed by atoms with Crippen molar-refractivity contribution < 1.29 is 4.79 Å². The number of hydrogen-bond acceptors (Lipinski definition) is 6. The van der Waals surface area contributed by atoms with E-state index in [-0.39, 0.29) is 17.2 Å². The van der Waals surface area contributed by atoms with Crippen LogP contribution in [0.2, 0.25) is 0 Å². The van der Waals surface area contributed by atoms with E-state index in [1.807, 2.05) is 62.4 Å². The third-order valence-corrected chi connectivity index (χ3v) is 6.67. The van der Waals surface area contributed by atoms with Crippen LogP contribution in [-0.4, -0.2) is 26.2 Å². The van der Waals surface area contributed by atoms with Gasteiger partial charge in [0.25, 0.3) is 5.56 Å². The largest absolute Gasteiger partial charge is 0.325 e. The summed E-state index contributed by atoms with van der Waals surface area (Å²) in [7, 11) is 0. The van der Waals surface area contributed by atoms with Crippen molar-refractivity contribution in [3.05, 3.63) is 74.0 Å². The van der Waals surface area contributed by atoms with Gasteiger partial charge in [0, 0.05) is 11.4 Å². The van der Waals surface area contributed by atoms with Crippen molar-refractivity contribution in [2.24, 2.45) is 0 Å². The molecule has 2 N–H and O–H groups in total. The Labute approximate surface area is 186 Å². The lowest BCUT2D eigenvalue weighted by molar-refractivity contribution is -0.113. The molecule has 30 heavy (non-hydrogen) atoms. The molecule has 152 valence electrons. The third-order valence-electron chi connectivity index (χ3n) is 4.43. The molecule has 4 aromatic rings. The average molecular weight is 455 g/mol. The summed E-state index contributed by atoms with van der Waals surface area (Å²) < 4.78 is 2.79. The number of thioether (sulfide) groups is 1. The van der Waals surface area contributed by atoms with E-state index in [9.17, 15) is 9.59 Å². The highest BCUT2D eigenvalue weighted by Crippen LogP contribution is 2.24. The molecule has 0 bridgehead atoms. The van der Waals surface area contributed by atoms with E-state index in [0.717, 1.165) is 22.5 Å². The average Bonchev–Trinajstić information content (AvgIpc) is 3.06. The van der Waals surface area contributed by atoms with Gasteiger partial charge in [-0.1, -0.05) is 59.0 Å². The zero-order valence-corrected chi connectivity index (χ0v) is 18.7. The number of amides is 1. The molecule has 0 aliphatic heterocycles. The van der Waals surface area contributed by atoms with E-state index in [0.29, 0.717) is 19.5 Å². The second kappa shape index (κ2) is 8.55. The lowest BCUT2D eigenvalue weighted by Crippen LogP contribution is -2.16. The summed E-state index contributed by atoms with van der Waals surface area (Å²) in [5.41, 5.74) is 3.99. The van der Waals surface area contributed by atoms with Crippen LogP contribution in [0.5, 0.6) is 0 Å². The first-order valence-electron chi connectivity index (χ1n) is 9.13. The van der Waals surface area contributed by atoms with Crippen molar-refractivity contribution in [1.29, 1.82) is 0 Å². The third kappa shape index (κ3) is 4.23. The first kappa shape index (κ1) is 20.5. The number of fused-ring (bicyclic) bond motifs is 1. The minimum Gasteiger partial charge on any atom is -0.325 e. The summed E-state index contributed by atoms with van der Waals surface area (Å²) in [5, 5.41) is 3.28. The Balaban J connectivity index is 1.58. The number of nitrogens with zero attached hydrogens (tertiary/aromatic N) is 2. The van der Waals surface area contributed by atoms with Gasteiger partial charge in [0.2, 0.25) is 5.91 Å². The highest BCUT2D eigenvalue weighted by Gasteiger charge is 2.14. The van der Waals surface area contributed by atoms with Crippen LogP contribution in [0.15, 0.2) is 58.5 Å². The second-order valence-corrected chi connectivity index (χ2v) is 9.33. The molecule has 0 saturated carbocycles. The quantitative estimate of drug-likeness (QED) is 0.256. The van der Waals surface area contributed by atoms with Gasteiger partial charge in [-0.2, -0.15) is 0 Å². The Bertz CT molecular complexity index is 1360. The van der Waals surface area contributed by atoms with Crippen molar-refractivity contribution in [3.63, 3.8) is 0 Å². The summed E-state index contributed by atoms with van der Waals surface area (Å²) in [6.45, 7) is 3.96. The lowest BCUT2D eigenvalue weighted by atomic mass is 10.1. The first-order chi connectivity index (χ1) is 14.4. The maximum absolute atomic E-state index is 12.6. The summed E-state index contributed by atoms with van der Waals surface area (Å²) in [6.07, 6.45) is 0. The molecule has 0 aliphatic carbocycles. The Kier molecular flexibility index (Phi) is 5.85. The molecule has 0 aliphatic rings. The van der Waals surface area contributed by atoms with Gasteiger partial charge in [-0.15, -0.1) is 0 Å². The van der Waals surface area contributed by atoms with E-state index < -0.39 is 0 Å². The molecular formula is C21H18N4O2S3. The Morgan fingerprint density at radius 3 is 2.73 bits per heavy atom. The van der Waals surface area contributed by atoms with Crippen molar-refractivity contribution in [3.8, 4) is 5.69 Å². The number of aromatic nitrogens is 3. The summed E-state index contributed by atoms with van der Waals surface area (Å²) in [5.74, 6) is -0.0438. The maximum atomic E-state index is 12.6. The van der Waals surface area contributed by atoms with E-state index in [4.69, 9.17) is 12.2 Å². The molecule has 4 rings (SSSR count). The number of nitrogens with one attached hydrogen (secondary N) is 2. The molecular weight excluding hydrogens is 436 g/mol. The topological polar surface area (TPSA) is 79.8 Å². The number of thiazole rings is 1. The zero-order valence-electron chi connectivity index (χ0n) is 16.3. The van der Waals surface area contributed by atoms with E-state index in [1.165, 1.54) is 23.1 Å². The predicted octanol–water partition coefficient (Wildman–Crippen LogP) is 4.85. The van der Waals surface area contributed by atoms with Crippen LogP contribution in [0, 0.1) is 17.8 Å². The van der Waals surface area contributed by atoms with Gasteiger partial charge in [-0.05, 0) is 49.8 Å². The highest BCUT2D eigenvalue weighted by atomic mass is 32.2. The van der Waals surface area contributed by atoms with E-state index in [1.54, 1.807) is 4.57 Å². The molecule has 9 heteroatoms. The molecule has 2 aromatic heterocycles. The number of carbonyl (C=O) groups excluding carboxylic acids is 1. The van der Waals surface area contributed by atoms with Crippen molar-refractivity contribution >= 4 is 57.3 Å². The van der Waals surface area contributed by atoms with Gasteiger partial charge < -0.3 is 10.3 Å². The predicted molar refractivity (Wildman–Crippen MR) is 126 cm³/mol. The minimum atomic E-state index is -0.261. The fourth-order valence-electron chi connectivity index (χ4n) is 3.04. The smallest absolute Gasteiger partial charge is 0.271 e. The summed E-state index contributed by atoms with van der Waals surface area (Å²) >= 11 is 7.85. The number of anilines is 1. The van der Waals surface area contributed by atoms with Gasteiger partial charge in [0.15, 0.2) is 14.8 Å². The molecule has 0 saturated heterocycles. The molecule has 0 fully saturated rings. The molecule has 0 spiro atoms. The van der Waals surface area contributed by atoms with Crippen molar-refractivity contribution in [1.82, 2.24) is 14.5 Å². The van der Waals surface area contributed by atoms with Gasteiger partial charge in [-0.25, -0.2) is 4.98 Å². The standard InChI is InChI=1S/C21H18N4O2S3/c1-12-8-9-15(13(2)10-12)22-16(26)11-29-20-23-18-17(19(27)24-20)30-21(28)25(18)14-6-4-3-5-7-14/h3-10H,11H2,1-2H3,(H,22,26)(H,23,24,27). The van der Waals surface area contributed by atoms with Crippen LogP contribution in [-0.2, 0) is 4.79 Å². The fraction of sp³-hybridized carbons (Fsp3) is 0.143. The summed E-state index contributed by atoms with van der Waals surface area (Å²) in [4.78, 5) is 32.3. The fourth-order valence-corrected chi connectivity index (χ4v) is 4.97. The molecule has 0 atom stereocenters. The van der Waals surface area contributed by atoms with E-state index in [2.05, 4.69) is 15.3 Å². The second-order valence-electron chi connectivity index (χ2n) is 6.72. The Morgan fingerprint density at radius 1 is 1.23 bits per heavy atom. The number of rotatable bonds is 5. The molecule has 2 heterocycles. The summed E-state index contributed by atoms with van der Waals surface area (Å²) in [6, 6.07) is 15.4. The molecule has 0 radical (unpaired) electrons. The van der Waals surface area contributed by atoms with Gasteiger partial charge in [0.1, 0.15) is 4.70 Å². The highest BCUT2D eigenvalue weighted by molar-refractivity contribution is 7.99. The molecule has 0 unspecified atom stereocenters. The number of carbonyl (C=O) groups is 1. The van der Waals surface area contributed by atoms with Gasteiger partial charge in [-0.3, -0.25) is 14.2 Å². The van der Waals surface area contributed by atoms with Crippen LogP contribution in [0.3, 0.4) is 0 Å². The maximum Gasteiger partial charge on any atom is 0.271 e. The van der Waals surface area contributed by atoms with Crippen LogP contribution in [0.1, 0.15) is 11.1 Å². The van der Waals surface area contributed by atoms with Crippen molar-refractivity contribution in [2.75, 3.05) is 11.1 Å². The monoisotopic (exact) mass is 454 g/mol.